The Kier molecular flexibility index (Phi) is 1.26. The van der Waals surface area contributed by atoms with Crippen LogP contribution in [0.15, 0.2) is 0 Å². The van der Waals surface area contributed by atoms with Crippen molar-refractivity contribution in [2.45, 2.75) is 38.1 Å². The summed E-state index contributed by atoms with van der Waals surface area (Å²) in [6, 6.07) is 0.552. The third kappa shape index (κ3) is 0.983. The molecule has 0 aromatic heterocycles. The molecule has 0 aromatic carbocycles. The molecule has 2 N–H and O–H groups in total. The van der Waals surface area contributed by atoms with Crippen LogP contribution < -0.4 is 5.73 Å². The Labute approximate surface area is 56.6 Å². The van der Waals surface area contributed by atoms with Gasteiger partial charge in [0.05, 0.1) is 0 Å². The van der Waals surface area contributed by atoms with Crippen molar-refractivity contribution in [2.24, 2.45) is 17.6 Å². The molecular formula is C8H15N. The number of fused-ring (bicyclic) bond motifs is 2. The number of hydrogen-bond donors (Lipinski definition) is 1. The zero-order valence-corrected chi connectivity index (χ0v) is 5.84. The second-order valence-electron chi connectivity index (χ2n) is 3.78. The average molecular weight is 125 g/mol. The zero-order chi connectivity index (χ0) is 6.27. The minimum absolute atomic E-state index is 0.552. The van der Waals surface area contributed by atoms with E-state index in [2.05, 4.69) is 0 Å². The molecule has 1 unspecified atom stereocenters. The summed E-state index contributed by atoms with van der Waals surface area (Å²) >= 11 is 0. The summed E-state index contributed by atoms with van der Waals surface area (Å²) in [6.07, 6.45) is 7.07. The van der Waals surface area contributed by atoms with E-state index in [9.17, 15) is 0 Å². The summed E-state index contributed by atoms with van der Waals surface area (Å²) < 4.78 is 0. The molecule has 9 heavy (non-hydrogen) atoms. The van der Waals surface area contributed by atoms with Crippen molar-refractivity contribution < 1.29 is 0 Å². The quantitative estimate of drug-likeness (QED) is 0.522. The van der Waals surface area contributed by atoms with Gasteiger partial charge in [-0.3, -0.25) is 0 Å². The first-order chi connectivity index (χ1) is 4.34. The van der Waals surface area contributed by atoms with Gasteiger partial charge in [0, 0.05) is 6.04 Å². The highest BCUT2D eigenvalue weighted by Crippen LogP contribution is 2.41. The molecule has 2 rings (SSSR count). The first kappa shape index (κ1) is 5.72. The van der Waals surface area contributed by atoms with E-state index in [0.717, 1.165) is 11.8 Å². The Hall–Kier alpha value is -0.0400. The molecule has 0 radical (unpaired) electrons. The van der Waals surface area contributed by atoms with Gasteiger partial charge < -0.3 is 5.73 Å². The highest BCUT2D eigenvalue weighted by molar-refractivity contribution is 4.86. The van der Waals surface area contributed by atoms with Crippen LogP contribution in [0.5, 0.6) is 0 Å². The molecule has 2 fully saturated rings. The number of nitrogens with two attached hydrogens (primary N) is 1. The molecule has 0 spiro atoms. The third-order valence-corrected chi connectivity index (χ3v) is 2.92. The van der Waals surface area contributed by atoms with Crippen LogP contribution in [0.4, 0.5) is 0 Å². The third-order valence-electron chi connectivity index (χ3n) is 2.92. The minimum atomic E-state index is 0.552. The highest BCUT2D eigenvalue weighted by Gasteiger charge is 2.31. The fraction of sp³-hybridized carbons (Fsp3) is 1.00. The van der Waals surface area contributed by atoms with Gasteiger partial charge in [0.25, 0.3) is 0 Å². The van der Waals surface area contributed by atoms with Crippen molar-refractivity contribution >= 4 is 0 Å². The molecule has 3 atom stereocenters. The summed E-state index contributed by atoms with van der Waals surface area (Å²) in [4.78, 5) is 0. The van der Waals surface area contributed by atoms with Gasteiger partial charge in [-0.05, 0) is 31.1 Å². The molecule has 52 valence electrons. The Bertz CT molecular complexity index is 99.1. The van der Waals surface area contributed by atoms with E-state index in [1.807, 2.05) is 0 Å². The largest absolute Gasteiger partial charge is 0.328 e. The van der Waals surface area contributed by atoms with E-state index in [1.54, 1.807) is 0 Å². The van der Waals surface area contributed by atoms with Crippen LogP contribution in [0, 0.1) is 11.8 Å². The van der Waals surface area contributed by atoms with Gasteiger partial charge in [0.2, 0.25) is 0 Å². The maximum Gasteiger partial charge on any atom is 0.00441 e. The molecule has 2 aliphatic carbocycles. The van der Waals surface area contributed by atoms with E-state index in [-0.39, 0.29) is 0 Å². The lowest BCUT2D eigenvalue weighted by Gasteiger charge is -2.23. The van der Waals surface area contributed by atoms with Gasteiger partial charge in [-0.15, -0.1) is 0 Å². The molecule has 2 saturated carbocycles. The monoisotopic (exact) mass is 125 g/mol. The predicted molar refractivity (Wildman–Crippen MR) is 38.0 cm³/mol. The second-order valence-corrected chi connectivity index (χ2v) is 3.78. The van der Waals surface area contributed by atoms with Crippen LogP contribution >= 0.6 is 0 Å². The lowest BCUT2D eigenvalue weighted by molar-refractivity contribution is 0.320. The summed E-state index contributed by atoms with van der Waals surface area (Å²) in [7, 11) is 0. The number of hydrogen-bond acceptors (Lipinski definition) is 1. The van der Waals surface area contributed by atoms with Gasteiger partial charge in [0.1, 0.15) is 0 Å². The standard InChI is InChI=1S/C8H15N/c9-8-4-6-1-2-7(3-6)5-8/h6-8H,1-5,9H2/t6-,7?,8+/m0/s1. The normalized spacial score (nSPS) is 49.7. The van der Waals surface area contributed by atoms with Crippen molar-refractivity contribution in [1.29, 1.82) is 0 Å². The van der Waals surface area contributed by atoms with Crippen LogP contribution in [0.2, 0.25) is 0 Å². The van der Waals surface area contributed by atoms with E-state index in [0.29, 0.717) is 6.04 Å². The van der Waals surface area contributed by atoms with Crippen molar-refractivity contribution in [3.63, 3.8) is 0 Å². The second kappa shape index (κ2) is 1.98. The van der Waals surface area contributed by atoms with Gasteiger partial charge in [-0.2, -0.15) is 0 Å². The van der Waals surface area contributed by atoms with Gasteiger partial charge in [-0.25, -0.2) is 0 Å². The Morgan fingerprint density at radius 2 is 1.44 bits per heavy atom. The van der Waals surface area contributed by atoms with Gasteiger partial charge in [-0.1, -0.05) is 12.8 Å². The van der Waals surface area contributed by atoms with Gasteiger partial charge >= 0.3 is 0 Å². The molecule has 2 bridgehead atoms. The van der Waals surface area contributed by atoms with E-state index < -0.39 is 0 Å². The molecule has 0 aliphatic heterocycles. The molecule has 2 aliphatic rings. The topological polar surface area (TPSA) is 26.0 Å². The van der Waals surface area contributed by atoms with Gasteiger partial charge in [0.15, 0.2) is 0 Å². The first-order valence-electron chi connectivity index (χ1n) is 4.10. The number of rotatable bonds is 0. The van der Waals surface area contributed by atoms with E-state index in [4.69, 9.17) is 5.73 Å². The lowest BCUT2D eigenvalue weighted by atomic mass is 9.86. The molecule has 0 saturated heterocycles. The summed E-state index contributed by atoms with van der Waals surface area (Å²) in [5.74, 6) is 2.03. The van der Waals surface area contributed by atoms with Crippen molar-refractivity contribution in [1.82, 2.24) is 0 Å². The highest BCUT2D eigenvalue weighted by atomic mass is 14.7. The molecule has 1 nitrogen and oxygen atoms in total. The van der Waals surface area contributed by atoms with Crippen LogP contribution in [0.3, 0.4) is 0 Å². The molecule has 0 heterocycles. The fourth-order valence-electron chi connectivity index (χ4n) is 2.56. The summed E-state index contributed by atoms with van der Waals surface area (Å²) in [5.41, 5.74) is 5.86. The van der Waals surface area contributed by atoms with Crippen molar-refractivity contribution in [3.05, 3.63) is 0 Å². The van der Waals surface area contributed by atoms with Crippen LogP contribution in [-0.2, 0) is 0 Å². The smallest absolute Gasteiger partial charge is 0.00441 e. The zero-order valence-electron chi connectivity index (χ0n) is 5.84. The Morgan fingerprint density at radius 1 is 0.889 bits per heavy atom. The van der Waals surface area contributed by atoms with E-state index in [1.165, 1.54) is 32.1 Å². The summed E-state index contributed by atoms with van der Waals surface area (Å²) in [6.45, 7) is 0. The first-order valence-corrected chi connectivity index (χ1v) is 4.10. The van der Waals surface area contributed by atoms with Crippen molar-refractivity contribution in [3.8, 4) is 0 Å². The lowest BCUT2D eigenvalue weighted by Crippen LogP contribution is -2.28. The minimum Gasteiger partial charge on any atom is -0.328 e. The molecule has 0 aromatic rings. The molecule has 0 amide bonds. The van der Waals surface area contributed by atoms with Crippen LogP contribution in [-0.4, -0.2) is 6.04 Å². The Balaban J connectivity index is 2.03. The Morgan fingerprint density at radius 3 is 2.00 bits per heavy atom. The fourth-order valence-corrected chi connectivity index (χ4v) is 2.56. The van der Waals surface area contributed by atoms with E-state index >= 15 is 0 Å². The average Bonchev–Trinajstić information content (AvgIpc) is 2.11. The van der Waals surface area contributed by atoms with Crippen LogP contribution in [0.1, 0.15) is 32.1 Å². The predicted octanol–water partition coefficient (Wildman–Crippen LogP) is 1.52. The maximum absolute atomic E-state index is 5.86. The molecular weight excluding hydrogens is 110 g/mol. The van der Waals surface area contributed by atoms with Crippen LogP contribution in [0.25, 0.3) is 0 Å². The molecule has 1 heteroatoms. The summed E-state index contributed by atoms with van der Waals surface area (Å²) in [5, 5.41) is 0. The SMILES string of the molecule is N[C@H]1CC2CC[C@@H](C2)C1. The van der Waals surface area contributed by atoms with Crippen molar-refractivity contribution in [2.75, 3.05) is 0 Å². The maximum atomic E-state index is 5.86.